The molecule has 2 aromatic rings. The fourth-order valence-electron chi connectivity index (χ4n) is 1.41. The Morgan fingerprint density at radius 1 is 1.35 bits per heavy atom. The summed E-state index contributed by atoms with van der Waals surface area (Å²) in [6, 6.07) is 9.03. The number of esters is 1. The minimum absolute atomic E-state index is 0.175. The summed E-state index contributed by atoms with van der Waals surface area (Å²) < 4.78 is 9.87. The van der Waals surface area contributed by atoms with Crippen LogP contribution in [-0.4, -0.2) is 22.8 Å². The molecule has 0 amide bonds. The molecule has 0 saturated carbocycles. The number of nitriles is 1. The van der Waals surface area contributed by atoms with Gasteiger partial charge in [0.1, 0.15) is 0 Å². The van der Waals surface area contributed by atoms with E-state index in [9.17, 15) is 4.79 Å². The number of rotatable bonds is 4. The Morgan fingerprint density at radius 3 is 2.75 bits per heavy atom. The quantitative estimate of drug-likeness (QED) is 0.791. The molecule has 1 aromatic heterocycles. The van der Waals surface area contributed by atoms with Gasteiger partial charge in [-0.15, -0.1) is 10.2 Å². The van der Waals surface area contributed by atoms with E-state index in [-0.39, 0.29) is 18.4 Å². The zero-order chi connectivity index (χ0) is 14.4. The molecule has 0 aliphatic rings. The molecule has 2 rings (SSSR count). The number of nitrogens with zero attached hydrogens (tertiary/aromatic N) is 3. The predicted octanol–water partition coefficient (Wildman–Crippen LogP) is 2.29. The number of hydrogen-bond acceptors (Lipinski definition) is 6. The van der Waals surface area contributed by atoms with Gasteiger partial charge in [0.15, 0.2) is 0 Å². The molecule has 1 heterocycles. The van der Waals surface area contributed by atoms with Crippen molar-refractivity contribution >= 4 is 18.1 Å². The van der Waals surface area contributed by atoms with Crippen molar-refractivity contribution in [3.8, 4) is 6.07 Å². The molecule has 0 N–H and O–H groups in total. The van der Waals surface area contributed by atoms with Crippen LogP contribution in [0.2, 0.25) is 0 Å². The zero-order valence-electron chi connectivity index (χ0n) is 10.7. The Bertz CT molecular complexity index is 666. The van der Waals surface area contributed by atoms with Crippen LogP contribution in [0.4, 0.5) is 0 Å². The van der Waals surface area contributed by atoms with Crippen LogP contribution in [0.25, 0.3) is 12.2 Å². The number of ether oxygens (including phenoxy) is 1. The second kappa shape index (κ2) is 6.29. The van der Waals surface area contributed by atoms with E-state index in [0.29, 0.717) is 5.56 Å². The normalized spacial score (nSPS) is 10.4. The van der Waals surface area contributed by atoms with E-state index in [4.69, 9.17) is 14.4 Å². The Hall–Kier alpha value is -2.94. The molecule has 20 heavy (non-hydrogen) atoms. The highest BCUT2D eigenvalue weighted by Gasteiger charge is 2.14. The van der Waals surface area contributed by atoms with Gasteiger partial charge in [-0.2, -0.15) is 5.26 Å². The molecule has 0 spiro atoms. The van der Waals surface area contributed by atoms with E-state index in [1.54, 1.807) is 43.3 Å². The van der Waals surface area contributed by atoms with Crippen molar-refractivity contribution in [3.63, 3.8) is 0 Å². The molecular formula is C14H11N3O3. The summed E-state index contributed by atoms with van der Waals surface area (Å²) in [6.07, 6.45) is 3.32. The van der Waals surface area contributed by atoms with E-state index >= 15 is 0 Å². The minimum atomic E-state index is -0.641. The van der Waals surface area contributed by atoms with Gasteiger partial charge < -0.3 is 9.15 Å². The molecule has 0 atom stereocenters. The first-order valence-corrected chi connectivity index (χ1v) is 5.92. The maximum absolute atomic E-state index is 11.3. The number of hydrogen-bond donors (Lipinski definition) is 0. The first kappa shape index (κ1) is 13.5. The third-order valence-corrected chi connectivity index (χ3v) is 2.35. The largest absolute Gasteiger partial charge is 0.459 e. The molecule has 0 aliphatic carbocycles. The summed E-state index contributed by atoms with van der Waals surface area (Å²) >= 11 is 0. The third kappa shape index (κ3) is 3.29. The average molecular weight is 269 g/mol. The lowest BCUT2D eigenvalue weighted by molar-refractivity contribution is 0.0480. The van der Waals surface area contributed by atoms with Crippen molar-refractivity contribution in [3.05, 3.63) is 47.2 Å². The van der Waals surface area contributed by atoms with Gasteiger partial charge in [-0.1, -0.05) is 12.1 Å². The van der Waals surface area contributed by atoms with Gasteiger partial charge in [0, 0.05) is 6.08 Å². The molecule has 0 saturated heterocycles. The van der Waals surface area contributed by atoms with Crippen LogP contribution in [0.15, 0.2) is 28.7 Å². The molecule has 1 aromatic carbocycles. The minimum Gasteiger partial charge on any atom is -0.459 e. The summed E-state index contributed by atoms with van der Waals surface area (Å²) in [4.78, 5) is 11.3. The maximum Gasteiger partial charge on any atom is 0.396 e. The summed E-state index contributed by atoms with van der Waals surface area (Å²) in [5.74, 6) is -0.609. The Kier molecular flexibility index (Phi) is 4.24. The molecular weight excluding hydrogens is 258 g/mol. The molecule has 0 fully saturated rings. The van der Waals surface area contributed by atoms with Crippen LogP contribution < -0.4 is 0 Å². The predicted molar refractivity (Wildman–Crippen MR) is 70.3 cm³/mol. The molecule has 6 heteroatoms. The topological polar surface area (TPSA) is 89.0 Å². The van der Waals surface area contributed by atoms with Gasteiger partial charge >= 0.3 is 11.9 Å². The van der Waals surface area contributed by atoms with Crippen LogP contribution in [0.3, 0.4) is 0 Å². The Labute approximate surface area is 115 Å². The number of carbonyl (C=O) groups excluding carboxylic acids is 1. The molecule has 0 bridgehead atoms. The Balaban J connectivity index is 2.07. The highest BCUT2D eigenvalue weighted by atomic mass is 16.5. The van der Waals surface area contributed by atoms with Crippen molar-refractivity contribution in [2.24, 2.45) is 0 Å². The van der Waals surface area contributed by atoms with Gasteiger partial charge in [-0.3, -0.25) is 0 Å². The lowest BCUT2D eigenvalue weighted by atomic mass is 10.1. The lowest BCUT2D eigenvalue weighted by Crippen LogP contribution is -2.04. The van der Waals surface area contributed by atoms with Crippen molar-refractivity contribution < 1.29 is 13.9 Å². The number of carbonyl (C=O) groups is 1. The fraction of sp³-hybridized carbons (Fsp3) is 0.143. The summed E-state index contributed by atoms with van der Waals surface area (Å²) in [7, 11) is 0. The first-order valence-electron chi connectivity index (χ1n) is 5.92. The standard InChI is InChI=1S/C14H11N3O3/c1-2-19-14(18)13-17-16-12(20-13)8-7-10-3-5-11(9-15)6-4-10/h3-8H,2H2,1H3. The van der Waals surface area contributed by atoms with Crippen molar-refractivity contribution in [1.82, 2.24) is 10.2 Å². The second-order valence-electron chi connectivity index (χ2n) is 3.73. The van der Waals surface area contributed by atoms with E-state index in [2.05, 4.69) is 10.2 Å². The van der Waals surface area contributed by atoms with Crippen molar-refractivity contribution in [2.75, 3.05) is 6.61 Å². The van der Waals surface area contributed by atoms with Crippen molar-refractivity contribution in [2.45, 2.75) is 6.92 Å². The summed E-state index contributed by atoms with van der Waals surface area (Å²) in [5, 5.41) is 16.0. The molecule has 100 valence electrons. The SMILES string of the molecule is CCOC(=O)c1nnc(C=Cc2ccc(C#N)cc2)o1. The highest BCUT2D eigenvalue weighted by molar-refractivity contribution is 5.84. The van der Waals surface area contributed by atoms with E-state index < -0.39 is 5.97 Å². The van der Waals surface area contributed by atoms with Crippen LogP contribution in [0.1, 0.15) is 34.6 Å². The van der Waals surface area contributed by atoms with E-state index in [1.807, 2.05) is 6.07 Å². The van der Waals surface area contributed by atoms with Gasteiger partial charge in [0.25, 0.3) is 0 Å². The molecule has 0 aliphatic heterocycles. The lowest BCUT2D eigenvalue weighted by Gasteiger charge is -1.94. The van der Waals surface area contributed by atoms with E-state index in [0.717, 1.165) is 5.56 Å². The van der Waals surface area contributed by atoms with Gasteiger partial charge in [-0.25, -0.2) is 4.79 Å². The monoisotopic (exact) mass is 269 g/mol. The van der Waals surface area contributed by atoms with E-state index in [1.165, 1.54) is 0 Å². The maximum atomic E-state index is 11.3. The van der Waals surface area contributed by atoms with Gasteiger partial charge in [-0.05, 0) is 30.7 Å². The molecule has 0 radical (unpaired) electrons. The molecule has 0 unspecified atom stereocenters. The smallest absolute Gasteiger partial charge is 0.396 e. The zero-order valence-corrected chi connectivity index (χ0v) is 10.7. The van der Waals surface area contributed by atoms with Crippen LogP contribution in [0.5, 0.6) is 0 Å². The van der Waals surface area contributed by atoms with Crippen LogP contribution in [-0.2, 0) is 4.74 Å². The number of benzene rings is 1. The van der Waals surface area contributed by atoms with Crippen molar-refractivity contribution in [1.29, 1.82) is 5.26 Å². The summed E-state index contributed by atoms with van der Waals surface area (Å²) in [6.45, 7) is 1.94. The Morgan fingerprint density at radius 2 is 2.10 bits per heavy atom. The summed E-state index contributed by atoms with van der Waals surface area (Å²) in [5.41, 5.74) is 1.46. The number of aromatic nitrogens is 2. The highest BCUT2D eigenvalue weighted by Crippen LogP contribution is 2.09. The van der Waals surface area contributed by atoms with Gasteiger partial charge in [0.05, 0.1) is 18.2 Å². The average Bonchev–Trinajstić information content (AvgIpc) is 2.95. The first-order chi connectivity index (χ1) is 9.72. The van der Waals surface area contributed by atoms with Crippen LogP contribution in [0, 0.1) is 11.3 Å². The third-order valence-electron chi connectivity index (χ3n) is 2.35. The fourth-order valence-corrected chi connectivity index (χ4v) is 1.41. The van der Waals surface area contributed by atoms with Crippen LogP contribution >= 0.6 is 0 Å². The second-order valence-corrected chi connectivity index (χ2v) is 3.73. The molecule has 6 nitrogen and oxygen atoms in total. The van der Waals surface area contributed by atoms with Gasteiger partial charge in [0.2, 0.25) is 5.89 Å².